The van der Waals surface area contributed by atoms with E-state index in [0.29, 0.717) is 6.42 Å². The number of aliphatic hydroxyl groups excluding tert-OH is 1. The maximum absolute atomic E-state index is 10.1. The summed E-state index contributed by atoms with van der Waals surface area (Å²) in [6.07, 6.45) is 2.74. The molecular formula is C14H18N2O2. The molecule has 4 nitrogen and oxygen atoms in total. The van der Waals surface area contributed by atoms with E-state index in [1.165, 1.54) is 5.56 Å². The van der Waals surface area contributed by atoms with Gasteiger partial charge < -0.3 is 9.84 Å². The number of rotatable bonds is 5. The molecule has 0 aliphatic heterocycles. The van der Waals surface area contributed by atoms with E-state index >= 15 is 0 Å². The molecule has 1 unspecified atom stereocenters. The minimum atomic E-state index is -0.473. The molecule has 4 heteroatoms. The SMILES string of the molecule is COc1ccc(CCC(O)c2ccnn2C)cc1. The highest BCUT2D eigenvalue weighted by atomic mass is 16.5. The number of nitrogens with zero attached hydrogens (tertiary/aromatic N) is 2. The van der Waals surface area contributed by atoms with E-state index in [4.69, 9.17) is 4.74 Å². The van der Waals surface area contributed by atoms with Gasteiger partial charge in [0.25, 0.3) is 0 Å². The van der Waals surface area contributed by atoms with Gasteiger partial charge in [0.1, 0.15) is 5.75 Å². The topological polar surface area (TPSA) is 47.3 Å². The molecule has 0 bridgehead atoms. The summed E-state index contributed by atoms with van der Waals surface area (Å²) in [7, 11) is 3.49. The molecule has 1 aromatic carbocycles. The van der Waals surface area contributed by atoms with Crippen molar-refractivity contribution in [2.75, 3.05) is 7.11 Å². The van der Waals surface area contributed by atoms with E-state index in [-0.39, 0.29) is 0 Å². The summed E-state index contributed by atoms with van der Waals surface area (Å²) in [5, 5.41) is 14.1. The Balaban J connectivity index is 1.93. The number of aryl methyl sites for hydroxylation is 2. The number of hydrogen-bond acceptors (Lipinski definition) is 3. The first-order valence-electron chi connectivity index (χ1n) is 5.99. The molecule has 0 aliphatic carbocycles. The minimum absolute atomic E-state index is 0.473. The molecule has 18 heavy (non-hydrogen) atoms. The van der Waals surface area contributed by atoms with E-state index in [1.807, 2.05) is 37.4 Å². The molecule has 96 valence electrons. The molecule has 0 fully saturated rings. The third kappa shape index (κ3) is 2.90. The van der Waals surface area contributed by atoms with Crippen molar-refractivity contribution >= 4 is 0 Å². The summed E-state index contributed by atoms with van der Waals surface area (Å²) in [4.78, 5) is 0. The molecule has 1 atom stereocenters. The van der Waals surface area contributed by atoms with Gasteiger partial charge in [-0.05, 0) is 36.6 Å². The number of ether oxygens (including phenoxy) is 1. The molecule has 0 radical (unpaired) electrons. The van der Waals surface area contributed by atoms with Gasteiger partial charge in [0.2, 0.25) is 0 Å². The summed E-state index contributed by atoms with van der Waals surface area (Å²) in [6, 6.07) is 9.76. The maximum Gasteiger partial charge on any atom is 0.118 e. The third-order valence-corrected chi connectivity index (χ3v) is 3.07. The number of aliphatic hydroxyl groups is 1. The highest BCUT2D eigenvalue weighted by Crippen LogP contribution is 2.19. The first kappa shape index (κ1) is 12.6. The first-order chi connectivity index (χ1) is 8.70. The van der Waals surface area contributed by atoms with Crippen molar-refractivity contribution in [3.8, 4) is 5.75 Å². The molecule has 0 spiro atoms. The van der Waals surface area contributed by atoms with Crippen molar-refractivity contribution in [3.05, 3.63) is 47.8 Å². The molecule has 1 heterocycles. The van der Waals surface area contributed by atoms with Crippen LogP contribution in [-0.2, 0) is 13.5 Å². The van der Waals surface area contributed by atoms with E-state index < -0.39 is 6.10 Å². The maximum atomic E-state index is 10.1. The molecule has 2 aromatic rings. The Kier molecular flexibility index (Phi) is 3.99. The van der Waals surface area contributed by atoms with Crippen molar-refractivity contribution < 1.29 is 9.84 Å². The Morgan fingerprint density at radius 1 is 1.28 bits per heavy atom. The fourth-order valence-electron chi connectivity index (χ4n) is 1.95. The van der Waals surface area contributed by atoms with E-state index in [9.17, 15) is 5.11 Å². The first-order valence-corrected chi connectivity index (χ1v) is 5.99. The number of hydrogen-bond donors (Lipinski definition) is 1. The zero-order chi connectivity index (χ0) is 13.0. The highest BCUT2D eigenvalue weighted by molar-refractivity contribution is 5.27. The van der Waals surface area contributed by atoms with Crippen molar-refractivity contribution in [2.24, 2.45) is 7.05 Å². The third-order valence-electron chi connectivity index (χ3n) is 3.07. The van der Waals surface area contributed by atoms with Crippen LogP contribution in [-0.4, -0.2) is 22.0 Å². The second-order valence-electron chi connectivity index (χ2n) is 4.28. The van der Waals surface area contributed by atoms with Crippen molar-refractivity contribution in [2.45, 2.75) is 18.9 Å². The molecule has 1 aromatic heterocycles. The van der Waals surface area contributed by atoms with Gasteiger partial charge in [-0.1, -0.05) is 12.1 Å². The summed E-state index contributed by atoms with van der Waals surface area (Å²) >= 11 is 0. The van der Waals surface area contributed by atoms with Crippen LogP contribution in [0.1, 0.15) is 23.8 Å². The lowest BCUT2D eigenvalue weighted by atomic mass is 10.0. The predicted octanol–water partition coefficient (Wildman–Crippen LogP) is 2.09. The highest BCUT2D eigenvalue weighted by Gasteiger charge is 2.11. The Hall–Kier alpha value is -1.81. The minimum Gasteiger partial charge on any atom is -0.497 e. The van der Waals surface area contributed by atoms with Crippen LogP contribution in [0.5, 0.6) is 5.75 Å². The second kappa shape index (κ2) is 5.69. The monoisotopic (exact) mass is 246 g/mol. The largest absolute Gasteiger partial charge is 0.497 e. The van der Waals surface area contributed by atoms with Crippen molar-refractivity contribution in [1.29, 1.82) is 0 Å². The Morgan fingerprint density at radius 2 is 2.00 bits per heavy atom. The van der Waals surface area contributed by atoms with Crippen LogP contribution < -0.4 is 4.74 Å². The van der Waals surface area contributed by atoms with Gasteiger partial charge in [-0.25, -0.2) is 0 Å². The van der Waals surface area contributed by atoms with Gasteiger partial charge in [-0.2, -0.15) is 5.10 Å². The smallest absolute Gasteiger partial charge is 0.118 e. The molecule has 0 amide bonds. The van der Waals surface area contributed by atoms with Crippen LogP contribution >= 0.6 is 0 Å². The summed E-state index contributed by atoms with van der Waals surface area (Å²) in [6.45, 7) is 0. The summed E-state index contributed by atoms with van der Waals surface area (Å²) in [5.74, 6) is 0.853. The number of aromatic nitrogens is 2. The van der Waals surface area contributed by atoms with E-state index in [0.717, 1.165) is 17.9 Å². The van der Waals surface area contributed by atoms with Gasteiger partial charge >= 0.3 is 0 Å². The van der Waals surface area contributed by atoms with Gasteiger partial charge in [0, 0.05) is 13.2 Å². The Labute approximate surface area is 107 Å². The van der Waals surface area contributed by atoms with Crippen LogP contribution in [0.25, 0.3) is 0 Å². The fraction of sp³-hybridized carbons (Fsp3) is 0.357. The normalized spacial score (nSPS) is 12.4. The molecule has 0 aliphatic rings. The molecule has 1 N–H and O–H groups in total. The number of benzene rings is 1. The average Bonchev–Trinajstić information content (AvgIpc) is 2.83. The lowest BCUT2D eigenvalue weighted by Crippen LogP contribution is -2.06. The second-order valence-corrected chi connectivity index (χ2v) is 4.28. The lowest BCUT2D eigenvalue weighted by Gasteiger charge is -2.11. The standard InChI is InChI=1S/C14H18N2O2/c1-16-13(9-10-15-16)14(17)8-5-11-3-6-12(18-2)7-4-11/h3-4,6-7,9-10,14,17H,5,8H2,1-2H3. The Bertz CT molecular complexity index is 491. The van der Waals surface area contributed by atoms with Gasteiger partial charge in [-0.3, -0.25) is 4.68 Å². The molecular weight excluding hydrogens is 228 g/mol. The van der Waals surface area contributed by atoms with E-state index in [1.54, 1.807) is 18.0 Å². The quantitative estimate of drug-likeness (QED) is 0.878. The van der Waals surface area contributed by atoms with Crippen LogP contribution in [0.2, 0.25) is 0 Å². The van der Waals surface area contributed by atoms with Crippen LogP contribution in [0.3, 0.4) is 0 Å². The predicted molar refractivity (Wildman–Crippen MR) is 69.5 cm³/mol. The van der Waals surface area contributed by atoms with Crippen LogP contribution in [0, 0.1) is 0 Å². The van der Waals surface area contributed by atoms with E-state index in [2.05, 4.69) is 5.10 Å². The van der Waals surface area contributed by atoms with Gasteiger partial charge in [0.05, 0.1) is 18.9 Å². The van der Waals surface area contributed by atoms with Crippen LogP contribution in [0.15, 0.2) is 36.5 Å². The zero-order valence-corrected chi connectivity index (χ0v) is 10.7. The molecule has 0 saturated heterocycles. The summed E-state index contributed by atoms with van der Waals surface area (Å²) in [5.41, 5.74) is 2.04. The number of methoxy groups -OCH3 is 1. The lowest BCUT2D eigenvalue weighted by molar-refractivity contribution is 0.158. The van der Waals surface area contributed by atoms with Gasteiger partial charge in [-0.15, -0.1) is 0 Å². The van der Waals surface area contributed by atoms with Crippen molar-refractivity contribution in [1.82, 2.24) is 9.78 Å². The average molecular weight is 246 g/mol. The molecule has 2 rings (SSSR count). The molecule has 0 saturated carbocycles. The Morgan fingerprint density at radius 3 is 2.56 bits per heavy atom. The van der Waals surface area contributed by atoms with Crippen LogP contribution in [0.4, 0.5) is 0 Å². The summed E-state index contributed by atoms with van der Waals surface area (Å²) < 4.78 is 6.82. The zero-order valence-electron chi connectivity index (χ0n) is 10.7. The fourth-order valence-corrected chi connectivity index (χ4v) is 1.95. The van der Waals surface area contributed by atoms with Gasteiger partial charge in [0.15, 0.2) is 0 Å². The van der Waals surface area contributed by atoms with Crippen molar-refractivity contribution in [3.63, 3.8) is 0 Å².